The highest BCUT2D eigenvalue weighted by molar-refractivity contribution is 5.76. The van der Waals surface area contributed by atoms with Gasteiger partial charge in [-0.05, 0) is 24.2 Å². The van der Waals surface area contributed by atoms with Gasteiger partial charge in [0.05, 0.1) is 4.92 Å². The highest BCUT2D eigenvalue weighted by Gasteiger charge is 2.34. The van der Waals surface area contributed by atoms with Crippen molar-refractivity contribution < 1.29 is 9.72 Å². The molecule has 0 radical (unpaired) electrons. The van der Waals surface area contributed by atoms with Crippen molar-refractivity contribution in [1.29, 1.82) is 0 Å². The second-order valence-electron chi connectivity index (χ2n) is 7.08. The van der Waals surface area contributed by atoms with Gasteiger partial charge in [0.1, 0.15) is 18.9 Å². The van der Waals surface area contributed by atoms with Crippen LogP contribution < -0.4 is 5.32 Å². The summed E-state index contributed by atoms with van der Waals surface area (Å²) in [6.45, 7) is 6.64. The fraction of sp³-hybridized carbons (Fsp3) is 0.733. The number of carbonyl (C=O) groups is 1. The Balaban J connectivity index is 1.96. The van der Waals surface area contributed by atoms with Crippen molar-refractivity contribution in [2.75, 3.05) is 0 Å². The van der Waals surface area contributed by atoms with Crippen LogP contribution in [0.1, 0.15) is 46.5 Å². The summed E-state index contributed by atoms with van der Waals surface area (Å²) in [4.78, 5) is 22.3. The third-order valence-electron chi connectivity index (χ3n) is 4.36. The van der Waals surface area contributed by atoms with Crippen LogP contribution >= 0.6 is 0 Å². The SMILES string of the molecule is CC(C)(C)C1CCCCC1NC(=O)Cn1cc([N+](=O)[O-])cn1. The quantitative estimate of drug-likeness (QED) is 0.683. The third-order valence-corrected chi connectivity index (χ3v) is 4.36. The maximum absolute atomic E-state index is 12.2. The van der Waals surface area contributed by atoms with Crippen LogP contribution in [0.15, 0.2) is 12.4 Å². The molecule has 1 aliphatic carbocycles. The Morgan fingerprint density at radius 3 is 2.73 bits per heavy atom. The first-order valence-corrected chi connectivity index (χ1v) is 7.73. The smallest absolute Gasteiger partial charge is 0.307 e. The standard InChI is InChI=1S/C15H24N4O3/c1-15(2,3)12-6-4-5-7-13(12)17-14(20)10-18-9-11(8-16-18)19(21)22/h8-9,12-13H,4-7,10H2,1-3H3,(H,17,20). The van der Waals surface area contributed by atoms with E-state index in [0.29, 0.717) is 5.92 Å². The number of aromatic nitrogens is 2. The number of nitrogens with one attached hydrogen (secondary N) is 1. The minimum atomic E-state index is -0.516. The molecule has 0 bridgehead atoms. The third kappa shape index (κ3) is 4.05. The van der Waals surface area contributed by atoms with E-state index < -0.39 is 4.92 Å². The summed E-state index contributed by atoms with van der Waals surface area (Å²) in [5.74, 6) is 0.316. The number of nitrogens with zero attached hydrogens (tertiary/aromatic N) is 3. The largest absolute Gasteiger partial charge is 0.351 e. The molecule has 2 atom stereocenters. The van der Waals surface area contributed by atoms with Crippen LogP contribution in [0, 0.1) is 21.4 Å². The zero-order valence-electron chi connectivity index (χ0n) is 13.4. The Morgan fingerprint density at radius 2 is 2.14 bits per heavy atom. The summed E-state index contributed by atoms with van der Waals surface area (Å²) in [6, 6.07) is 0.173. The molecule has 1 fully saturated rings. The van der Waals surface area contributed by atoms with Crippen molar-refractivity contribution in [3.8, 4) is 0 Å². The minimum absolute atomic E-state index is 0.0151. The van der Waals surface area contributed by atoms with Crippen molar-refractivity contribution >= 4 is 11.6 Å². The Bertz CT molecular complexity index is 547. The molecule has 1 aromatic heterocycles. The number of hydrogen-bond acceptors (Lipinski definition) is 4. The summed E-state index contributed by atoms with van der Waals surface area (Å²) >= 11 is 0. The molecule has 1 saturated carbocycles. The lowest BCUT2D eigenvalue weighted by atomic mass is 9.69. The van der Waals surface area contributed by atoms with Crippen LogP contribution in [0.5, 0.6) is 0 Å². The molecule has 1 aliphatic rings. The molecule has 1 heterocycles. The molecule has 0 spiro atoms. The van der Waals surface area contributed by atoms with Gasteiger partial charge >= 0.3 is 5.69 Å². The normalized spacial score (nSPS) is 22.3. The summed E-state index contributed by atoms with van der Waals surface area (Å²) < 4.78 is 1.31. The van der Waals surface area contributed by atoms with Gasteiger partial charge in [-0.1, -0.05) is 33.6 Å². The lowest BCUT2D eigenvalue weighted by Gasteiger charge is -2.40. The van der Waals surface area contributed by atoms with Crippen LogP contribution in [0.2, 0.25) is 0 Å². The molecule has 22 heavy (non-hydrogen) atoms. The van der Waals surface area contributed by atoms with E-state index in [1.54, 1.807) is 0 Å². The lowest BCUT2D eigenvalue weighted by molar-refractivity contribution is -0.385. The minimum Gasteiger partial charge on any atom is -0.351 e. The first-order chi connectivity index (χ1) is 10.3. The van der Waals surface area contributed by atoms with Crippen molar-refractivity contribution in [2.24, 2.45) is 11.3 Å². The second kappa shape index (κ2) is 6.46. The Kier molecular flexibility index (Phi) is 4.83. The van der Waals surface area contributed by atoms with Crippen LogP contribution in [0.25, 0.3) is 0 Å². The average Bonchev–Trinajstić information content (AvgIpc) is 2.86. The van der Waals surface area contributed by atoms with E-state index in [1.165, 1.54) is 17.3 Å². The van der Waals surface area contributed by atoms with Gasteiger partial charge in [0.15, 0.2) is 0 Å². The molecule has 122 valence electrons. The first kappa shape index (κ1) is 16.5. The molecule has 0 aromatic carbocycles. The van der Waals surface area contributed by atoms with E-state index in [-0.39, 0.29) is 29.6 Å². The van der Waals surface area contributed by atoms with Gasteiger partial charge in [0.2, 0.25) is 5.91 Å². The monoisotopic (exact) mass is 308 g/mol. The number of rotatable bonds is 4. The molecule has 1 amide bonds. The maximum Gasteiger partial charge on any atom is 0.307 e. The van der Waals surface area contributed by atoms with Crippen molar-refractivity contribution in [2.45, 2.75) is 59.0 Å². The molecular weight excluding hydrogens is 284 g/mol. The van der Waals surface area contributed by atoms with E-state index in [9.17, 15) is 14.9 Å². The molecule has 7 heteroatoms. The van der Waals surface area contributed by atoms with E-state index in [4.69, 9.17) is 0 Å². The maximum atomic E-state index is 12.2. The molecule has 2 rings (SSSR count). The molecule has 2 unspecified atom stereocenters. The van der Waals surface area contributed by atoms with Gasteiger partial charge in [0.25, 0.3) is 0 Å². The fourth-order valence-electron chi connectivity index (χ4n) is 3.27. The molecule has 7 nitrogen and oxygen atoms in total. The molecule has 1 aromatic rings. The van der Waals surface area contributed by atoms with Crippen LogP contribution in [-0.2, 0) is 11.3 Å². The van der Waals surface area contributed by atoms with E-state index in [2.05, 4.69) is 31.2 Å². The number of carbonyl (C=O) groups excluding carboxylic acids is 1. The Labute approximate surface area is 130 Å². The van der Waals surface area contributed by atoms with Gasteiger partial charge in [-0.15, -0.1) is 0 Å². The molecular formula is C15H24N4O3. The van der Waals surface area contributed by atoms with E-state index in [1.807, 2.05) is 0 Å². The average molecular weight is 308 g/mol. The molecule has 1 N–H and O–H groups in total. The number of amides is 1. The zero-order valence-corrected chi connectivity index (χ0v) is 13.4. The van der Waals surface area contributed by atoms with Crippen molar-refractivity contribution in [1.82, 2.24) is 15.1 Å². The second-order valence-corrected chi connectivity index (χ2v) is 7.08. The summed E-state index contributed by atoms with van der Waals surface area (Å²) in [5, 5.41) is 17.6. The highest BCUT2D eigenvalue weighted by atomic mass is 16.6. The summed E-state index contributed by atoms with van der Waals surface area (Å²) in [5.41, 5.74) is 0.0566. The van der Waals surface area contributed by atoms with Crippen molar-refractivity contribution in [3.63, 3.8) is 0 Å². The predicted molar refractivity (Wildman–Crippen MR) is 82.2 cm³/mol. The Morgan fingerprint density at radius 1 is 1.45 bits per heavy atom. The van der Waals surface area contributed by atoms with Gasteiger partial charge in [0, 0.05) is 6.04 Å². The fourth-order valence-corrected chi connectivity index (χ4v) is 3.27. The zero-order chi connectivity index (χ0) is 16.3. The van der Waals surface area contributed by atoms with Gasteiger partial charge in [-0.2, -0.15) is 5.10 Å². The predicted octanol–water partition coefficient (Wildman–Crippen LogP) is 2.51. The number of hydrogen-bond donors (Lipinski definition) is 1. The van der Waals surface area contributed by atoms with E-state index >= 15 is 0 Å². The van der Waals surface area contributed by atoms with Crippen LogP contribution in [0.4, 0.5) is 5.69 Å². The van der Waals surface area contributed by atoms with Crippen LogP contribution in [0.3, 0.4) is 0 Å². The molecule has 0 saturated heterocycles. The van der Waals surface area contributed by atoms with Gasteiger partial charge in [-0.25, -0.2) is 0 Å². The van der Waals surface area contributed by atoms with Crippen molar-refractivity contribution in [3.05, 3.63) is 22.5 Å². The van der Waals surface area contributed by atoms with E-state index in [0.717, 1.165) is 25.5 Å². The highest BCUT2D eigenvalue weighted by Crippen LogP contribution is 2.37. The summed E-state index contributed by atoms with van der Waals surface area (Å²) in [7, 11) is 0. The Hall–Kier alpha value is -1.92. The number of nitro groups is 1. The van der Waals surface area contributed by atoms with Crippen LogP contribution in [-0.4, -0.2) is 26.7 Å². The summed E-state index contributed by atoms with van der Waals surface area (Å²) in [6.07, 6.45) is 6.90. The topological polar surface area (TPSA) is 90.1 Å². The lowest BCUT2D eigenvalue weighted by Crippen LogP contribution is -2.47. The van der Waals surface area contributed by atoms with Gasteiger partial charge in [-0.3, -0.25) is 19.6 Å². The molecule has 0 aliphatic heterocycles. The van der Waals surface area contributed by atoms with Gasteiger partial charge < -0.3 is 5.32 Å². The first-order valence-electron chi connectivity index (χ1n) is 7.73.